The molecule has 0 aliphatic heterocycles. The number of aromatic nitrogens is 2. The summed E-state index contributed by atoms with van der Waals surface area (Å²) in [5, 5.41) is 2.89. The Morgan fingerprint density at radius 2 is 1.95 bits per heavy atom. The van der Waals surface area contributed by atoms with E-state index in [2.05, 4.69) is 15.3 Å². The Hall–Kier alpha value is -1.95. The molecule has 20 heavy (non-hydrogen) atoms. The molecule has 0 radical (unpaired) electrons. The van der Waals surface area contributed by atoms with Gasteiger partial charge in [0.15, 0.2) is 0 Å². The fourth-order valence-corrected chi connectivity index (χ4v) is 2.13. The first-order valence-corrected chi connectivity index (χ1v) is 6.05. The van der Waals surface area contributed by atoms with Crippen LogP contribution >= 0.6 is 0 Å². The van der Waals surface area contributed by atoms with Crippen molar-refractivity contribution in [1.82, 2.24) is 15.3 Å². The maximum Gasteiger partial charge on any atom is 0.416 e. The van der Waals surface area contributed by atoms with Crippen LogP contribution in [0.5, 0.6) is 0 Å². The standard InChI is InChI=1S/C14H14F3N3/c1-9-4-3-6-20-12(9)13(18-2)10-8-19-7-5-11(10)14(15,16)17/h3-8,13,18H,1-2H3. The maximum absolute atomic E-state index is 13.1. The number of nitrogens with one attached hydrogen (secondary N) is 1. The highest BCUT2D eigenvalue weighted by Crippen LogP contribution is 2.35. The summed E-state index contributed by atoms with van der Waals surface area (Å²) in [6.45, 7) is 1.82. The van der Waals surface area contributed by atoms with E-state index in [-0.39, 0.29) is 5.56 Å². The van der Waals surface area contributed by atoms with E-state index in [0.717, 1.165) is 17.8 Å². The number of hydrogen-bond acceptors (Lipinski definition) is 3. The SMILES string of the molecule is CNC(c1cnccc1C(F)(F)F)c1ncccc1C. The first kappa shape index (κ1) is 14.5. The smallest absolute Gasteiger partial charge is 0.308 e. The highest BCUT2D eigenvalue weighted by atomic mass is 19.4. The molecular formula is C14H14F3N3. The van der Waals surface area contributed by atoms with Gasteiger partial charge in [-0.2, -0.15) is 13.2 Å². The number of aryl methyl sites for hydroxylation is 1. The average molecular weight is 281 g/mol. The average Bonchev–Trinajstić information content (AvgIpc) is 2.41. The molecule has 2 aromatic heterocycles. The lowest BCUT2D eigenvalue weighted by Gasteiger charge is -2.21. The zero-order chi connectivity index (χ0) is 14.8. The third-order valence-corrected chi connectivity index (χ3v) is 3.08. The fourth-order valence-electron chi connectivity index (χ4n) is 2.13. The van der Waals surface area contributed by atoms with Crippen LogP contribution in [0.25, 0.3) is 0 Å². The van der Waals surface area contributed by atoms with E-state index in [4.69, 9.17) is 0 Å². The molecule has 1 unspecified atom stereocenters. The molecule has 0 aliphatic carbocycles. The van der Waals surface area contributed by atoms with Gasteiger partial charge in [0.1, 0.15) is 0 Å². The molecule has 2 heterocycles. The first-order valence-electron chi connectivity index (χ1n) is 6.05. The number of nitrogens with zero attached hydrogens (tertiary/aromatic N) is 2. The van der Waals surface area contributed by atoms with Crippen molar-refractivity contribution < 1.29 is 13.2 Å². The lowest BCUT2D eigenvalue weighted by atomic mass is 9.97. The van der Waals surface area contributed by atoms with E-state index in [9.17, 15) is 13.2 Å². The molecule has 0 spiro atoms. The molecule has 2 rings (SSSR count). The van der Waals surface area contributed by atoms with Crippen LogP contribution in [-0.2, 0) is 6.18 Å². The first-order chi connectivity index (χ1) is 9.45. The summed E-state index contributed by atoms with van der Waals surface area (Å²) in [5.41, 5.74) is 0.763. The lowest BCUT2D eigenvalue weighted by Crippen LogP contribution is -2.23. The Morgan fingerprint density at radius 3 is 2.55 bits per heavy atom. The summed E-state index contributed by atoms with van der Waals surface area (Å²) in [6, 6.07) is 3.90. The molecule has 3 nitrogen and oxygen atoms in total. The minimum atomic E-state index is -4.42. The van der Waals surface area contributed by atoms with Crippen LogP contribution < -0.4 is 5.32 Å². The van der Waals surface area contributed by atoms with Gasteiger partial charge < -0.3 is 5.32 Å². The topological polar surface area (TPSA) is 37.8 Å². The summed E-state index contributed by atoms with van der Waals surface area (Å²) in [7, 11) is 1.60. The Morgan fingerprint density at radius 1 is 1.20 bits per heavy atom. The molecule has 1 atom stereocenters. The molecule has 0 bridgehead atoms. The Balaban J connectivity index is 2.57. The number of pyridine rings is 2. The predicted octanol–water partition coefficient (Wildman–Crippen LogP) is 3.11. The summed E-state index contributed by atoms with van der Waals surface area (Å²) in [4.78, 5) is 8.01. The van der Waals surface area contributed by atoms with Crippen LogP contribution in [-0.4, -0.2) is 17.0 Å². The number of rotatable bonds is 3. The van der Waals surface area contributed by atoms with Crippen molar-refractivity contribution in [3.8, 4) is 0 Å². The molecule has 106 valence electrons. The molecule has 0 fully saturated rings. The fraction of sp³-hybridized carbons (Fsp3) is 0.286. The molecule has 2 aromatic rings. The number of alkyl halides is 3. The van der Waals surface area contributed by atoms with Crippen molar-refractivity contribution in [2.45, 2.75) is 19.1 Å². The Labute approximate surface area is 114 Å². The largest absolute Gasteiger partial charge is 0.416 e. The summed E-state index contributed by atoms with van der Waals surface area (Å²) >= 11 is 0. The van der Waals surface area contributed by atoms with E-state index in [0.29, 0.717) is 5.69 Å². The summed E-state index contributed by atoms with van der Waals surface area (Å²) in [6.07, 6.45) is -0.477. The highest BCUT2D eigenvalue weighted by molar-refractivity contribution is 5.37. The third kappa shape index (κ3) is 2.80. The highest BCUT2D eigenvalue weighted by Gasteiger charge is 2.35. The van der Waals surface area contributed by atoms with Crippen molar-refractivity contribution in [2.24, 2.45) is 0 Å². The van der Waals surface area contributed by atoms with Gasteiger partial charge in [-0.3, -0.25) is 9.97 Å². The minimum Gasteiger partial charge on any atom is -0.308 e. The normalized spacial score (nSPS) is 13.2. The number of hydrogen-bond donors (Lipinski definition) is 1. The second-order valence-electron chi connectivity index (χ2n) is 4.39. The zero-order valence-electron chi connectivity index (χ0n) is 11.1. The van der Waals surface area contributed by atoms with Crippen molar-refractivity contribution in [2.75, 3.05) is 7.05 Å². The second-order valence-corrected chi connectivity index (χ2v) is 4.39. The molecule has 0 amide bonds. The van der Waals surface area contributed by atoms with E-state index in [1.165, 1.54) is 6.20 Å². The van der Waals surface area contributed by atoms with Gasteiger partial charge in [-0.1, -0.05) is 6.07 Å². The van der Waals surface area contributed by atoms with Crippen LogP contribution in [0.2, 0.25) is 0 Å². The Bertz CT molecular complexity index is 596. The zero-order valence-corrected chi connectivity index (χ0v) is 11.1. The van der Waals surface area contributed by atoms with Crippen molar-refractivity contribution >= 4 is 0 Å². The van der Waals surface area contributed by atoms with Gasteiger partial charge in [-0.15, -0.1) is 0 Å². The van der Waals surface area contributed by atoms with Crippen LogP contribution in [0.15, 0.2) is 36.8 Å². The van der Waals surface area contributed by atoms with Crippen LogP contribution in [0.3, 0.4) is 0 Å². The molecule has 0 aliphatic rings. The maximum atomic E-state index is 13.1. The molecule has 0 aromatic carbocycles. The van der Waals surface area contributed by atoms with Crippen LogP contribution in [0.1, 0.15) is 28.4 Å². The quantitative estimate of drug-likeness (QED) is 0.939. The minimum absolute atomic E-state index is 0.0734. The van der Waals surface area contributed by atoms with Gasteiger partial charge >= 0.3 is 6.18 Å². The monoisotopic (exact) mass is 281 g/mol. The molecule has 6 heteroatoms. The van der Waals surface area contributed by atoms with Crippen molar-refractivity contribution in [3.05, 3.63) is 59.2 Å². The van der Waals surface area contributed by atoms with Gasteiger partial charge in [0, 0.05) is 24.2 Å². The predicted molar refractivity (Wildman–Crippen MR) is 69.1 cm³/mol. The number of halogens is 3. The third-order valence-electron chi connectivity index (χ3n) is 3.08. The van der Waals surface area contributed by atoms with Crippen molar-refractivity contribution in [1.29, 1.82) is 0 Å². The summed E-state index contributed by atoms with van der Waals surface area (Å²) < 4.78 is 39.3. The van der Waals surface area contributed by atoms with Crippen LogP contribution in [0, 0.1) is 6.92 Å². The van der Waals surface area contributed by atoms with Crippen molar-refractivity contribution in [3.63, 3.8) is 0 Å². The molecule has 1 N–H and O–H groups in total. The van der Waals surface area contributed by atoms with E-state index >= 15 is 0 Å². The molecular weight excluding hydrogens is 267 g/mol. The van der Waals surface area contributed by atoms with Gasteiger partial charge in [-0.05, 0) is 31.7 Å². The van der Waals surface area contributed by atoms with Gasteiger partial charge in [0.2, 0.25) is 0 Å². The van der Waals surface area contributed by atoms with Gasteiger partial charge in [0.25, 0.3) is 0 Å². The molecule has 0 saturated heterocycles. The van der Waals surface area contributed by atoms with Crippen LogP contribution in [0.4, 0.5) is 13.2 Å². The van der Waals surface area contributed by atoms with E-state index in [1.807, 2.05) is 13.0 Å². The van der Waals surface area contributed by atoms with Gasteiger partial charge in [-0.25, -0.2) is 0 Å². The van der Waals surface area contributed by atoms with E-state index in [1.54, 1.807) is 19.3 Å². The summed E-state index contributed by atoms with van der Waals surface area (Å²) in [5.74, 6) is 0. The lowest BCUT2D eigenvalue weighted by molar-refractivity contribution is -0.138. The molecule has 0 saturated carbocycles. The van der Waals surface area contributed by atoms with E-state index < -0.39 is 17.8 Å². The van der Waals surface area contributed by atoms with Gasteiger partial charge in [0.05, 0.1) is 17.3 Å². The second kappa shape index (κ2) is 5.58. The Kier molecular flexibility index (Phi) is 4.04.